The number of nitrogens with one attached hydrogen (secondary N) is 1. The van der Waals surface area contributed by atoms with E-state index >= 15 is 0 Å². The van der Waals surface area contributed by atoms with Crippen LogP contribution < -0.4 is 5.32 Å². The van der Waals surface area contributed by atoms with Crippen molar-refractivity contribution in [3.8, 4) is 0 Å². The molecule has 0 saturated heterocycles. The van der Waals surface area contributed by atoms with Crippen LogP contribution in [0.2, 0.25) is 0 Å². The Labute approximate surface area is 84.5 Å². The van der Waals surface area contributed by atoms with E-state index in [-0.39, 0.29) is 0 Å². The van der Waals surface area contributed by atoms with Gasteiger partial charge in [-0.1, -0.05) is 0 Å². The predicted octanol–water partition coefficient (Wildman–Crippen LogP) is 2.01. The fourth-order valence-corrected chi connectivity index (χ4v) is 1.20. The van der Waals surface area contributed by atoms with Crippen molar-refractivity contribution in [3.05, 3.63) is 17.0 Å². The Kier molecular flexibility index (Phi) is 4.39. The molecular weight excluding hydrogens is 238 g/mol. The predicted molar refractivity (Wildman–Crippen MR) is 56.6 cm³/mol. The summed E-state index contributed by atoms with van der Waals surface area (Å²) in [5.74, 6) is 1.91. The van der Waals surface area contributed by atoms with Gasteiger partial charge in [0.25, 0.3) is 0 Å². The van der Waals surface area contributed by atoms with Crippen LogP contribution in [-0.4, -0.2) is 28.5 Å². The van der Waals surface area contributed by atoms with Gasteiger partial charge < -0.3 is 5.32 Å². The minimum absolute atomic E-state index is 0.762. The lowest BCUT2D eigenvalue weighted by atomic mass is 10.6. The fraction of sp³-hybridized carbons (Fsp3) is 0.429. The second kappa shape index (κ2) is 5.37. The molecule has 3 nitrogen and oxygen atoms in total. The number of nitrogens with zero attached hydrogens (tertiary/aromatic N) is 2. The highest BCUT2D eigenvalue weighted by Crippen LogP contribution is 2.05. The van der Waals surface area contributed by atoms with Crippen LogP contribution in [0.3, 0.4) is 0 Å². The molecule has 0 aliphatic carbocycles. The Morgan fingerprint density at radius 1 is 1.50 bits per heavy atom. The molecule has 0 atom stereocenters. The number of hydrogen-bond acceptors (Lipinski definition) is 4. The minimum atomic E-state index is 0.762. The van der Waals surface area contributed by atoms with E-state index in [0.717, 1.165) is 22.7 Å². The van der Waals surface area contributed by atoms with Crippen LogP contribution in [0.4, 0.5) is 5.82 Å². The van der Waals surface area contributed by atoms with E-state index < -0.39 is 0 Å². The Balaban J connectivity index is 2.37. The molecular formula is C7H10BrN3S. The first-order valence-electron chi connectivity index (χ1n) is 3.53. The molecule has 0 aromatic carbocycles. The van der Waals surface area contributed by atoms with E-state index in [0.29, 0.717) is 0 Å². The molecule has 1 aromatic heterocycles. The normalized spacial score (nSPS) is 9.83. The summed E-state index contributed by atoms with van der Waals surface area (Å²) in [5.41, 5.74) is 0. The van der Waals surface area contributed by atoms with Crippen molar-refractivity contribution in [2.45, 2.75) is 0 Å². The lowest BCUT2D eigenvalue weighted by molar-refractivity contribution is 1.11. The van der Waals surface area contributed by atoms with Gasteiger partial charge in [-0.25, -0.2) is 9.97 Å². The first-order valence-corrected chi connectivity index (χ1v) is 5.72. The maximum Gasteiger partial charge on any atom is 0.144 e. The summed E-state index contributed by atoms with van der Waals surface area (Å²) in [6, 6.07) is 0. The number of hydrogen-bond donors (Lipinski definition) is 1. The van der Waals surface area contributed by atoms with Gasteiger partial charge in [0.1, 0.15) is 10.4 Å². The monoisotopic (exact) mass is 247 g/mol. The number of rotatable bonds is 4. The zero-order chi connectivity index (χ0) is 8.81. The first kappa shape index (κ1) is 9.80. The zero-order valence-electron chi connectivity index (χ0n) is 6.75. The number of aromatic nitrogens is 2. The molecule has 0 aliphatic rings. The smallest absolute Gasteiger partial charge is 0.144 e. The lowest BCUT2D eigenvalue weighted by Gasteiger charge is -2.02. The van der Waals surface area contributed by atoms with Crippen LogP contribution >= 0.6 is 27.7 Å². The van der Waals surface area contributed by atoms with Gasteiger partial charge in [0.05, 0.1) is 12.4 Å². The third-order valence-electron chi connectivity index (χ3n) is 1.23. The van der Waals surface area contributed by atoms with E-state index in [1.165, 1.54) is 0 Å². The van der Waals surface area contributed by atoms with Crippen molar-refractivity contribution in [1.82, 2.24) is 9.97 Å². The van der Waals surface area contributed by atoms with Gasteiger partial charge >= 0.3 is 0 Å². The van der Waals surface area contributed by atoms with Crippen molar-refractivity contribution in [3.63, 3.8) is 0 Å². The van der Waals surface area contributed by atoms with E-state index in [1.54, 1.807) is 24.2 Å². The van der Waals surface area contributed by atoms with Crippen molar-refractivity contribution >= 4 is 33.5 Å². The maximum atomic E-state index is 4.12. The molecule has 66 valence electrons. The molecule has 1 N–H and O–H groups in total. The second-order valence-corrected chi connectivity index (χ2v) is 3.94. The van der Waals surface area contributed by atoms with E-state index in [1.807, 2.05) is 0 Å². The summed E-state index contributed by atoms with van der Waals surface area (Å²) in [6.07, 6.45) is 5.47. The van der Waals surface area contributed by atoms with Gasteiger partial charge in [-0.2, -0.15) is 11.8 Å². The molecule has 0 amide bonds. The molecule has 0 unspecified atom stereocenters. The number of halogens is 1. The van der Waals surface area contributed by atoms with Crippen LogP contribution in [0.15, 0.2) is 17.0 Å². The van der Waals surface area contributed by atoms with Gasteiger partial charge in [-0.3, -0.25) is 0 Å². The molecule has 12 heavy (non-hydrogen) atoms. The summed E-state index contributed by atoms with van der Waals surface area (Å²) in [7, 11) is 0. The number of anilines is 1. The largest absolute Gasteiger partial charge is 0.368 e. The van der Waals surface area contributed by atoms with Crippen molar-refractivity contribution < 1.29 is 0 Å². The molecule has 0 radical (unpaired) electrons. The maximum absolute atomic E-state index is 4.12. The van der Waals surface area contributed by atoms with Crippen LogP contribution in [0, 0.1) is 0 Å². The van der Waals surface area contributed by atoms with Crippen LogP contribution in [0.1, 0.15) is 0 Å². The second-order valence-electron chi connectivity index (χ2n) is 2.14. The minimum Gasteiger partial charge on any atom is -0.368 e. The Hall–Kier alpha value is -0.290. The molecule has 0 saturated carbocycles. The Morgan fingerprint density at radius 3 is 2.92 bits per heavy atom. The van der Waals surface area contributed by atoms with Gasteiger partial charge in [0.15, 0.2) is 0 Å². The molecule has 1 heterocycles. The van der Waals surface area contributed by atoms with E-state index in [4.69, 9.17) is 0 Å². The highest BCUT2D eigenvalue weighted by atomic mass is 79.9. The summed E-state index contributed by atoms with van der Waals surface area (Å²) in [6.45, 7) is 0.928. The van der Waals surface area contributed by atoms with Crippen molar-refractivity contribution in [2.24, 2.45) is 0 Å². The SMILES string of the molecule is CSCCNc1cnc(Br)cn1. The molecule has 0 bridgehead atoms. The zero-order valence-corrected chi connectivity index (χ0v) is 9.15. The quantitative estimate of drug-likeness (QED) is 0.827. The van der Waals surface area contributed by atoms with Crippen LogP contribution in [0.5, 0.6) is 0 Å². The standard InChI is InChI=1S/C7H10BrN3S/c1-12-3-2-9-7-5-10-6(8)4-11-7/h4-5H,2-3H2,1H3,(H,9,11). The average molecular weight is 248 g/mol. The van der Waals surface area contributed by atoms with Gasteiger partial charge in [-0.05, 0) is 22.2 Å². The van der Waals surface area contributed by atoms with Crippen LogP contribution in [-0.2, 0) is 0 Å². The number of thioether (sulfide) groups is 1. The Morgan fingerprint density at radius 2 is 2.33 bits per heavy atom. The summed E-state index contributed by atoms with van der Waals surface area (Å²) in [5, 5.41) is 3.16. The van der Waals surface area contributed by atoms with Gasteiger partial charge in [-0.15, -0.1) is 0 Å². The van der Waals surface area contributed by atoms with Gasteiger partial charge in [0.2, 0.25) is 0 Å². The van der Waals surface area contributed by atoms with Crippen molar-refractivity contribution in [1.29, 1.82) is 0 Å². The third kappa shape index (κ3) is 3.40. The van der Waals surface area contributed by atoms with E-state index in [2.05, 4.69) is 37.5 Å². The Bertz CT molecular complexity index is 227. The average Bonchev–Trinajstić information content (AvgIpc) is 2.09. The topological polar surface area (TPSA) is 37.8 Å². The molecule has 0 fully saturated rings. The lowest BCUT2D eigenvalue weighted by Crippen LogP contribution is -2.05. The summed E-state index contributed by atoms with van der Waals surface area (Å²) >= 11 is 5.03. The van der Waals surface area contributed by atoms with Crippen LogP contribution in [0.25, 0.3) is 0 Å². The molecule has 1 rings (SSSR count). The summed E-state index contributed by atoms with van der Waals surface area (Å²) in [4.78, 5) is 8.16. The first-order chi connectivity index (χ1) is 5.83. The molecule has 5 heteroatoms. The van der Waals surface area contributed by atoms with E-state index in [9.17, 15) is 0 Å². The highest BCUT2D eigenvalue weighted by molar-refractivity contribution is 9.10. The molecule has 0 spiro atoms. The summed E-state index contributed by atoms with van der Waals surface area (Å²) < 4.78 is 0.762. The molecule has 1 aromatic rings. The third-order valence-corrected chi connectivity index (χ3v) is 2.25. The highest BCUT2D eigenvalue weighted by Gasteiger charge is 1.92. The fourth-order valence-electron chi connectivity index (χ4n) is 0.685. The van der Waals surface area contributed by atoms with Gasteiger partial charge in [0, 0.05) is 12.3 Å². The molecule has 0 aliphatic heterocycles. The van der Waals surface area contributed by atoms with Crippen molar-refractivity contribution in [2.75, 3.05) is 23.9 Å².